The third kappa shape index (κ3) is 2.95. The number of nitro groups is 1. The number of hydrogen-bond donors (Lipinski definition) is 0. The van der Waals surface area contributed by atoms with Crippen molar-refractivity contribution in [1.82, 2.24) is 9.88 Å². The quantitative estimate of drug-likeness (QED) is 0.614. The smallest absolute Gasteiger partial charge is 0.290 e. The molecule has 2 fully saturated rings. The molecule has 1 spiro atoms. The Kier molecular flexibility index (Phi) is 4.43. The molecule has 1 aliphatic heterocycles. The van der Waals surface area contributed by atoms with Gasteiger partial charge in [-0.05, 0) is 25.8 Å². The maximum absolute atomic E-state index is 12.1. The van der Waals surface area contributed by atoms with Gasteiger partial charge in [0.05, 0.1) is 10.5 Å². The molecule has 1 aromatic heterocycles. The minimum atomic E-state index is -0.400. The minimum absolute atomic E-state index is 0.0495. The van der Waals surface area contributed by atoms with Crippen molar-refractivity contribution in [2.45, 2.75) is 51.5 Å². The topological polar surface area (TPSA) is 79.6 Å². The van der Waals surface area contributed by atoms with Crippen molar-refractivity contribution in [1.29, 1.82) is 0 Å². The number of amides is 1. The van der Waals surface area contributed by atoms with Crippen LogP contribution in [0.25, 0.3) is 0 Å². The number of aromatic nitrogens is 1. The van der Waals surface area contributed by atoms with Gasteiger partial charge in [-0.15, -0.1) is 0 Å². The van der Waals surface area contributed by atoms with E-state index in [1.807, 2.05) is 4.90 Å². The van der Waals surface area contributed by atoms with Gasteiger partial charge in [0.25, 0.3) is 5.69 Å². The second-order valence-corrected chi connectivity index (χ2v) is 6.91. The second kappa shape index (κ2) is 6.37. The van der Waals surface area contributed by atoms with E-state index in [-0.39, 0.29) is 17.1 Å². The number of aryl methyl sites for hydroxylation is 1. The molecule has 1 saturated carbocycles. The second-order valence-electron chi connectivity index (χ2n) is 6.91. The molecule has 7 heteroatoms. The Balaban J connectivity index is 1.87. The summed E-state index contributed by atoms with van der Waals surface area (Å²) < 4.78 is 0. The van der Waals surface area contributed by atoms with Crippen molar-refractivity contribution in [3.8, 4) is 0 Å². The first-order valence-corrected chi connectivity index (χ1v) is 8.58. The Labute approximate surface area is 141 Å². The number of rotatable bonds is 2. The number of nitrogens with zero attached hydrogens (tertiary/aromatic N) is 4. The lowest BCUT2D eigenvalue weighted by molar-refractivity contribution is -0.385. The van der Waals surface area contributed by atoms with Gasteiger partial charge in [-0.1, -0.05) is 19.3 Å². The normalized spacial score (nSPS) is 20.2. The third-order valence-corrected chi connectivity index (χ3v) is 5.38. The zero-order valence-electron chi connectivity index (χ0n) is 14.3. The molecule has 1 aliphatic carbocycles. The van der Waals surface area contributed by atoms with Gasteiger partial charge in [-0.3, -0.25) is 14.9 Å². The summed E-state index contributed by atoms with van der Waals surface area (Å²) in [7, 11) is 0. The van der Waals surface area contributed by atoms with Crippen LogP contribution in [-0.4, -0.2) is 45.9 Å². The maximum Gasteiger partial charge on any atom is 0.290 e. The Hall–Kier alpha value is -2.18. The molecule has 130 valence electrons. The molecular formula is C17H24N4O3. The number of carbonyl (C=O) groups is 1. The average Bonchev–Trinajstić information content (AvgIpc) is 2.54. The molecule has 7 nitrogen and oxygen atoms in total. The summed E-state index contributed by atoms with van der Waals surface area (Å²) in [5, 5.41) is 11.0. The highest BCUT2D eigenvalue weighted by molar-refractivity contribution is 5.75. The molecule has 0 atom stereocenters. The molecular weight excluding hydrogens is 308 g/mol. The van der Waals surface area contributed by atoms with Gasteiger partial charge in [0.1, 0.15) is 11.5 Å². The Morgan fingerprint density at radius 2 is 1.96 bits per heavy atom. The summed E-state index contributed by atoms with van der Waals surface area (Å²) >= 11 is 0. The SMILES string of the molecule is CC(=O)N1CCN(c2ccc([N+](=O)[O-])c(C)n2)CC12CCCCC2. The van der Waals surface area contributed by atoms with Crippen LogP contribution in [0, 0.1) is 17.0 Å². The zero-order valence-corrected chi connectivity index (χ0v) is 14.3. The molecule has 3 rings (SSSR count). The first-order chi connectivity index (χ1) is 11.4. The standard InChI is InChI=1S/C17H24N4O3/c1-13-15(21(23)24)6-7-16(18-13)19-10-11-20(14(2)22)17(12-19)8-4-3-5-9-17/h6-7H,3-5,8-12H2,1-2H3. The summed E-state index contributed by atoms with van der Waals surface area (Å²) in [5.41, 5.74) is 0.373. The van der Waals surface area contributed by atoms with Crippen molar-refractivity contribution in [2.75, 3.05) is 24.5 Å². The van der Waals surface area contributed by atoms with Crippen LogP contribution in [0.4, 0.5) is 11.5 Å². The minimum Gasteiger partial charge on any atom is -0.352 e. The Morgan fingerprint density at radius 1 is 1.25 bits per heavy atom. The first-order valence-electron chi connectivity index (χ1n) is 8.58. The molecule has 1 aromatic rings. The highest BCUT2D eigenvalue weighted by Gasteiger charge is 2.44. The first kappa shape index (κ1) is 16.7. The van der Waals surface area contributed by atoms with Gasteiger partial charge >= 0.3 is 0 Å². The van der Waals surface area contributed by atoms with Crippen molar-refractivity contribution < 1.29 is 9.72 Å². The van der Waals surface area contributed by atoms with E-state index < -0.39 is 4.92 Å². The number of pyridine rings is 1. The Bertz CT molecular complexity index is 655. The van der Waals surface area contributed by atoms with Gasteiger partial charge in [-0.25, -0.2) is 4.98 Å². The maximum atomic E-state index is 12.1. The molecule has 2 aliphatic rings. The number of piperazine rings is 1. The molecule has 0 aromatic carbocycles. The van der Waals surface area contributed by atoms with E-state index in [2.05, 4.69) is 9.88 Å². The van der Waals surface area contributed by atoms with E-state index in [0.717, 1.165) is 38.0 Å². The average molecular weight is 332 g/mol. The van der Waals surface area contributed by atoms with E-state index in [0.29, 0.717) is 18.8 Å². The van der Waals surface area contributed by atoms with Gasteiger partial charge in [0.15, 0.2) is 0 Å². The molecule has 1 saturated heterocycles. The fraction of sp³-hybridized carbons (Fsp3) is 0.647. The summed E-state index contributed by atoms with van der Waals surface area (Å²) in [6.07, 6.45) is 5.56. The fourth-order valence-corrected chi connectivity index (χ4v) is 4.21. The fourth-order valence-electron chi connectivity index (χ4n) is 4.21. The molecule has 0 N–H and O–H groups in total. The molecule has 0 bridgehead atoms. The van der Waals surface area contributed by atoms with Crippen LogP contribution in [0.1, 0.15) is 44.7 Å². The predicted molar refractivity (Wildman–Crippen MR) is 91.0 cm³/mol. The monoisotopic (exact) mass is 332 g/mol. The van der Waals surface area contributed by atoms with Crippen molar-refractivity contribution in [2.24, 2.45) is 0 Å². The molecule has 2 heterocycles. The van der Waals surface area contributed by atoms with Gasteiger partial charge in [-0.2, -0.15) is 0 Å². The van der Waals surface area contributed by atoms with Crippen molar-refractivity contribution >= 4 is 17.4 Å². The molecule has 1 amide bonds. The van der Waals surface area contributed by atoms with Crippen LogP contribution < -0.4 is 4.90 Å². The number of anilines is 1. The van der Waals surface area contributed by atoms with Crippen LogP contribution in [0.3, 0.4) is 0 Å². The number of hydrogen-bond acceptors (Lipinski definition) is 5. The highest BCUT2D eigenvalue weighted by Crippen LogP contribution is 2.38. The van der Waals surface area contributed by atoms with Gasteiger partial charge in [0, 0.05) is 32.6 Å². The lowest BCUT2D eigenvalue weighted by Crippen LogP contribution is -2.64. The van der Waals surface area contributed by atoms with E-state index in [1.165, 1.54) is 12.5 Å². The summed E-state index contributed by atoms with van der Waals surface area (Å²) in [5.74, 6) is 0.913. The largest absolute Gasteiger partial charge is 0.352 e. The van der Waals surface area contributed by atoms with Gasteiger partial charge in [0.2, 0.25) is 5.91 Å². The Morgan fingerprint density at radius 3 is 2.54 bits per heavy atom. The highest BCUT2D eigenvalue weighted by atomic mass is 16.6. The summed E-state index contributed by atoms with van der Waals surface area (Å²) in [4.78, 5) is 31.4. The molecule has 0 radical (unpaired) electrons. The lowest BCUT2D eigenvalue weighted by atomic mass is 9.78. The van der Waals surface area contributed by atoms with Gasteiger partial charge < -0.3 is 9.80 Å². The lowest BCUT2D eigenvalue weighted by Gasteiger charge is -2.53. The van der Waals surface area contributed by atoms with E-state index >= 15 is 0 Å². The predicted octanol–water partition coefficient (Wildman–Crippen LogP) is 2.67. The van der Waals surface area contributed by atoms with E-state index in [9.17, 15) is 14.9 Å². The van der Waals surface area contributed by atoms with Crippen LogP contribution in [-0.2, 0) is 4.79 Å². The van der Waals surface area contributed by atoms with Crippen molar-refractivity contribution in [3.05, 3.63) is 27.9 Å². The van der Waals surface area contributed by atoms with E-state index in [4.69, 9.17) is 0 Å². The van der Waals surface area contributed by atoms with Crippen molar-refractivity contribution in [3.63, 3.8) is 0 Å². The summed E-state index contributed by atoms with van der Waals surface area (Å²) in [6.45, 7) is 5.49. The van der Waals surface area contributed by atoms with Crippen LogP contribution in [0.15, 0.2) is 12.1 Å². The third-order valence-electron chi connectivity index (χ3n) is 5.38. The summed E-state index contributed by atoms with van der Waals surface area (Å²) in [6, 6.07) is 3.26. The number of carbonyl (C=O) groups excluding carboxylic acids is 1. The molecule has 0 unspecified atom stereocenters. The van der Waals surface area contributed by atoms with Crippen LogP contribution in [0.5, 0.6) is 0 Å². The zero-order chi connectivity index (χ0) is 17.3. The van der Waals surface area contributed by atoms with E-state index in [1.54, 1.807) is 19.9 Å². The molecule has 24 heavy (non-hydrogen) atoms. The van der Waals surface area contributed by atoms with Crippen LogP contribution in [0.2, 0.25) is 0 Å². The van der Waals surface area contributed by atoms with Crippen LogP contribution >= 0.6 is 0 Å².